The summed E-state index contributed by atoms with van der Waals surface area (Å²) in [6.45, 7) is 0. The fourth-order valence-corrected chi connectivity index (χ4v) is 0.767. The maximum atomic E-state index is 12.6. The summed E-state index contributed by atoms with van der Waals surface area (Å²) < 4.78 is 25.0. The molecule has 0 spiro atoms. The van der Waals surface area contributed by atoms with Gasteiger partial charge in [-0.05, 0) is 12.1 Å². The lowest BCUT2D eigenvalue weighted by Crippen LogP contribution is -2.24. The van der Waals surface area contributed by atoms with Crippen LogP contribution < -0.4 is 10.6 Å². The third-order valence-corrected chi connectivity index (χ3v) is 1.40. The van der Waals surface area contributed by atoms with Gasteiger partial charge in [-0.3, -0.25) is 0 Å². The van der Waals surface area contributed by atoms with Gasteiger partial charge in [0, 0.05) is 18.8 Å². The lowest BCUT2D eigenvalue weighted by atomic mass is 10.3. The molecule has 0 heterocycles. The Kier molecular flexibility index (Phi) is 2.79. The summed E-state index contributed by atoms with van der Waals surface area (Å²) in [4.78, 5) is 10.7. The first-order valence-electron chi connectivity index (χ1n) is 3.57. The summed E-state index contributed by atoms with van der Waals surface area (Å²) in [6.07, 6.45) is 0. The van der Waals surface area contributed by atoms with Gasteiger partial charge in [0.1, 0.15) is 0 Å². The average molecular weight is 186 g/mol. The molecule has 1 rings (SSSR count). The van der Waals surface area contributed by atoms with Gasteiger partial charge >= 0.3 is 6.03 Å². The fraction of sp³-hybridized carbons (Fsp3) is 0.125. The highest BCUT2D eigenvalue weighted by Gasteiger charge is 2.03. The number of urea groups is 1. The number of hydrogen-bond acceptors (Lipinski definition) is 1. The van der Waals surface area contributed by atoms with Gasteiger partial charge < -0.3 is 10.6 Å². The first kappa shape index (κ1) is 9.44. The van der Waals surface area contributed by atoms with Crippen molar-refractivity contribution in [1.82, 2.24) is 5.32 Å². The number of hydrogen-bond donors (Lipinski definition) is 2. The van der Waals surface area contributed by atoms with Crippen molar-refractivity contribution in [3.05, 3.63) is 29.8 Å². The molecular formula is C8H8F2N2O. The van der Waals surface area contributed by atoms with Crippen LogP contribution in [0.4, 0.5) is 19.3 Å². The highest BCUT2D eigenvalue weighted by Crippen LogP contribution is 2.12. The number of halogens is 2. The molecule has 2 amide bonds. The summed E-state index contributed by atoms with van der Waals surface area (Å²) in [5.74, 6) is -1.93. The third-order valence-electron chi connectivity index (χ3n) is 1.40. The summed E-state index contributed by atoms with van der Waals surface area (Å²) >= 11 is 0. The normalized spacial score (nSPS) is 9.46. The maximum absolute atomic E-state index is 12.6. The Bertz CT molecular complexity index is 328. The number of carbonyl (C=O) groups is 1. The molecule has 0 radical (unpaired) electrons. The van der Waals surface area contributed by atoms with E-state index in [-0.39, 0.29) is 5.69 Å². The number of nitrogens with one attached hydrogen (secondary N) is 2. The van der Waals surface area contributed by atoms with Gasteiger partial charge in [-0.1, -0.05) is 0 Å². The van der Waals surface area contributed by atoms with Crippen molar-refractivity contribution >= 4 is 11.7 Å². The molecule has 0 aliphatic carbocycles. The Labute approximate surface area is 73.8 Å². The molecule has 3 nitrogen and oxygen atoms in total. The SMILES string of the molecule is CNC(=O)Nc1ccc(F)c(F)c1. The quantitative estimate of drug-likeness (QED) is 0.688. The smallest absolute Gasteiger partial charge is 0.318 e. The number of benzene rings is 1. The van der Waals surface area contributed by atoms with Crippen LogP contribution in [0.25, 0.3) is 0 Å². The van der Waals surface area contributed by atoms with Gasteiger partial charge in [0.25, 0.3) is 0 Å². The van der Waals surface area contributed by atoms with Crippen LogP contribution in [0.15, 0.2) is 18.2 Å². The van der Waals surface area contributed by atoms with Crippen LogP contribution >= 0.6 is 0 Å². The highest BCUT2D eigenvalue weighted by atomic mass is 19.2. The van der Waals surface area contributed by atoms with Crippen LogP contribution in [0.5, 0.6) is 0 Å². The molecule has 0 saturated carbocycles. The Morgan fingerprint density at radius 1 is 1.31 bits per heavy atom. The summed E-state index contributed by atoms with van der Waals surface area (Å²) in [5.41, 5.74) is 0.207. The van der Waals surface area contributed by atoms with E-state index in [1.165, 1.54) is 13.1 Å². The van der Waals surface area contributed by atoms with Crippen molar-refractivity contribution < 1.29 is 13.6 Å². The van der Waals surface area contributed by atoms with Gasteiger partial charge in [-0.2, -0.15) is 0 Å². The number of carbonyl (C=O) groups excluding carboxylic acids is 1. The average Bonchev–Trinajstić information content (AvgIpc) is 2.11. The molecule has 0 bridgehead atoms. The van der Waals surface area contributed by atoms with Crippen molar-refractivity contribution in [2.45, 2.75) is 0 Å². The zero-order chi connectivity index (χ0) is 9.84. The Hall–Kier alpha value is -1.65. The Morgan fingerprint density at radius 2 is 2.00 bits per heavy atom. The van der Waals surface area contributed by atoms with Crippen molar-refractivity contribution in [2.24, 2.45) is 0 Å². The molecule has 5 heteroatoms. The largest absolute Gasteiger partial charge is 0.341 e. The molecule has 0 atom stereocenters. The molecule has 0 fully saturated rings. The number of anilines is 1. The summed E-state index contributed by atoms with van der Waals surface area (Å²) in [7, 11) is 1.43. The second kappa shape index (κ2) is 3.84. The van der Waals surface area contributed by atoms with Crippen molar-refractivity contribution in [2.75, 3.05) is 12.4 Å². The first-order chi connectivity index (χ1) is 6.13. The predicted molar refractivity (Wildman–Crippen MR) is 44.4 cm³/mol. The van der Waals surface area contributed by atoms with Gasteiger partial charge in [0.15, 0.2) is 11.6 Å². The molecular weight excluding hydrogens is 178 g/mol. The van der Waals surface area contributed by atoms with Crippen LogP contribution in [-0.2, 0) is 0 Å². The molecule has 0 aromatic heterocycles. The molecule has 2 N–H and O–H groups in total. The van der Waals surface area contributed by atoms with E-state index in [1.807, 2.05) is 0 Å². The van der Waals surface area contributed by atoms with Crippen molar-refractivity contribution in [3.63, 3.8) is 0 Å². The standard InChI is InChI=1S/C8H8F2N2O/c1-11-8(13)12-5-2-3-6(9)7(10)4-5/h2-4H,1H3,(H2,11,12,13). The lowest BCUT2D eigenvalue weighted by Gasteiger charge is -2.03. The Morgan fingerprint density at radius 3 is 2.54 bits per heavy atom. The van der Waals surface area contributed by atoms with Gasteiger partial charge in [0.05, 0.1) is 0 Å². The van der Waals surface area contributed by atoms with Gasteiger partial charge in [-0.25, -0.2) is 13.6 Å². The minimum atomic E-state index is -0.992. The molecule has 1 aromatic rings. The van der Waals surface area contributed by atoms with Crippen molar-refractivity contribution in [1.29, 1.82) is 0 Å². The molecule has 1 aromatic carbocycles. The molecule has 70 valence electrons. The Balaban J connectivity index is 2.79. The monoisotopic (exact) mass is 186 g/mol. The minimum Gasteiger partial charge on any atom is -0.341 e. The molecule has 13 heavy (non-hydrogen) atoms. The second-order valence-electron chi connectivity index (χ2n) is 2.33. The van der Waals surface area contributed by atoms with E-state index < -0.39 is 17.7 Å². The number of rotatable bonds is 1. The fourth-order valence-electron chi connectivity index (χ4n) is 0.767. The van der Waals surface area contributed by atoms with E-state index in [9.17, 15) is 13.6 Å². The first-order valence-corrected chi connectivity index (χ1v) is 3.57. The summed E-state index contributed by atoms with van der Waals surface area (Å²) in [6, 6.07) is 2.64. The van der Waals surface area contributed by atoms with Crippen LogP contribution in [-0.4, -0.2) is 13.1 Å². The van der Waals surface area contributed by atoms with Gasteiger partial charge in [0.2, 0.25) is 0 Å². The third kappa shape index (κ3) is 2.40. The zero-order valence-corrected chi connectivity index (χ0v) is 6.90. The van der Waals surface area contributed by atoms with Crippen molar-refractivity contribution in [3.8, 4) is 0 Å². The van der Waals surface area contributed by atoms with E-state index in [0.717, 1.165) is 12.1 Å². The minimum absolute atomic E-state index is 0.207. The zero-order valence-electron chi connectivity index (χ0n) is 6.90. The van der Waals surface area contributed by atoms with E-state index in [2.05, 4.69) is 10.6 Å². The van der Waals surface area contributed by atoms with Gasteiger partial charge in [-0.15, -0.1) is 0 Å². The topological polar surface area (TPSA) is 41.1 Å². The molecule has 0 aliphatic rings. The van der Waals surface area contributed by atoms with E-state index in [0.29, 0.717) is 0 Å². The van der Waals surface area contributed by atoms with Crippen LogP contribution in [0, 0.1) is 11.6 Å². The molecule has 0 unspecified atom stereocenters. The molecule has 0 saturated heterocycles. The van der Waals surface area contributed by atoms with Crippen LogP contribution in [0.2, 0.25) is 0 Å². The van der Waals surface area contributed by atoms with Crippen LogP contribution in [0.1, 0.15) is 0 Å². The molecule has 0 aliphatic heterocycles. The number of amides is 2. The highest BCUT2D eigenvalue weighted by molar-refractivity contribution is 5.88. The van der Waals surface area contributed by atoms with E-state index >= 15 is 0 Å². The maximum Gasteiger partial charge on any atom is 0.318 e. The van der Waals surface area contributed by atoms with Crippen LogP contribution in [0.3, 0.4) is 0 Å². The van der Waals surface area contributed by atoms with E-state index in [1.54, 1.807) is 0 Å². The second-order valence-corrected chi connectivity index (χ2v) is 2.33. The van der Waals surface area contributed by atoms with E-state index in [4.69, 9.17) is 0 Å². The lowest BCUT2D eigenvalue weighted by molar-refractivity contribution is 0.254. The predicted octanol–water partition coefficient (Wildman–Crippen LogP) is 1.72. The summed E-state index contributed by atoms with van der Waals surface area (Å²) in [5, 5.41) is 4.58.